The summed E-state index contributed by atoms with van der Waals surface area (Å²) in [5, 5.41) is 8.77. The molecular formula is C72H71ClF2N8O10S2. The number of aryl methyl sites for hydroxylation is 2. The Bertz CT molecular complexity index is 4270. The van der Waals surface area contributed by atoms with Crippen LogP contribution in [0.2, 0.25) is 5.15 Å². The third-order valence-corrected chi connectivity index (χ3v) is 20.7. The van der Waals surface area contributed by atoms with Crippen LogP contribution in [0.4, 0.5) is 37.3 Å². The quantitative estimate of drug-likeness (QED) is 0.0813. The summed E-state index contributed by atoms with van der Waals surface area (Å²) in [7, 11) is 0. The number of hydrogen-bond donors (Lipinski definition) is 3. The minimum absolute atomic E-state index is 0.0440. The number of rotatable bonds is 11. The maximum Gasteiger partial charge on any atom is 0.348 e. The Morgan fingerprint density at radius 1 is 0.579 bits per heavy atom. The lowest BCUT2D eigenvalue weighted by Gasteiger charge is -2.53. The molecule has 95 heavy (non-hydrogen) atoms. The number of fused-ring (bicyclic) bond motifs is 6. The number of amides is 4. The van der Waals surface area contributed by atoms with Gasteiger partial charge in [0.15, 0.2) is 0 Å². The van der Waals surface area contributed by atoms with Crippen LogP contribution in [-0.4, -0.2) is 124 Å². The van der Waals surface area contributed by atoms with Crippen molar-refractivity contribution in [1.82, 2.24) is 15.3 Å². The number of esters is 2. The molecule has 4 aromatic heterocycles. The Kier molecular flexibility index (Phi) is 20.0. The van der Waals surface area contributed by atoms with Crippen molar-refractivity contribution in [3.05, 3.63) is 193 Å². The number of ether oxygens (including phenoxy) is 4. The van der Waals surface area contributed by atoms with E-state index in [2.05, 4.69) is 30.8 Å². The zero-order chi connectivity index (χ0) is 66.5. The Morgan fingerprint density at radius 3 is 1.46 bits per heavy atom. The number of nitrogens with zero attached hydrogens (tertiary/aromatic N) is 5. The largest absolute Gasteiger partial charge is 0.462 e. The van der Waals surface area contributed by atoms with Gasteiger partial charge in [-0.1, -0.05) is 48.0 Å². The minimum Gasteiger partial charge on any atom is -0.462 e. The van der Waals surface area contributed by atoms with Gasteiger partial charge in [-0.25, -0.2) is 28.3 Å². The third-order valence-electron chi connectivity index (χ3n) is 18.0. The number of halogens is 3. The highest BCUT2D eigenvalue weighted by atomic mass is 35.5. The van der Waals surface area contributed by atoms with Crippen molar-refractivity contribution in [3.8, 4) is 20.9 Å². The highest BCUT2D eigenvalue weighted by Gasteiger charge is 2.45. The molecule has 0 radical (unpaired) electrons. The van der Waals surface area contributed by atoms with E-state index >= 15 is 8.78 Å². The molecule has 14 rings (SSSR count). The SMILES string of the molecule is C1CC2(CCO1)CNC2.CCOC(=O)c1cc2c(s1)-c1ccccc1N(C(=O)c1ccc(NC(=O)c3ccc(C)nc3Cl)cc1F)CC2.CCOC(=O)c1cc2c(s1)-c1ccccc1N(C(=O)c1ccc(NC(=O)c3ccc(C)nc3N3CC4(CCOCC4)C3)cc1F)CC2. The van der Waals surface area contributed by atoms with Crippen LogP contribution in [-0.2, 0) is 31.8 Å². The lowest BCUT2D eigenvalue weighted by Crippen LogP contribution is -2.59. The van der Waals surface area contributed by atoms with E-state index in [0.29, 0.717) is 69.6 Å². The van der Waals surface area contributed by atoms with E-state index in [1.54, 1.807) is 73.0 Å². The Hall–Kier alpha value is -8.77. The Morgan fingerprint density at radius 2 is 1.02 bits per heavy atom. The number of thiophene rings is 2. The molecule has 0 atom stereocenters. The number of aromatic nitrogens is 2. The van der Waals surface area contributed by atoms with E-state index in [1.165, 1.54) is 72.9 Å². The molecule has 4 amide bonds. The molecule has 0 unspecified atom stereocenters. The fourth-order valence-electron chi connectivity index (χ4n) is 12.8. The number of pyridine rings is 2. The van der Waals surface area contributed by atoms with Crippen LogP contribution in [0.25, 0.3) is 20.9 Å². The molecule has 4 saturated heterocycles. The van der Waals surface area contributed by atoms with Crippen LogP contribution in [0.15, 0.2) is 121 Å². The predicted molar refractivity (Wildman–Crippen MR) is 364 cm³/mol. The van der Waals surface area contributed by atoms with Crippen molar-refractivity contribution in [3.63, 3.8) is 0 Å². The van der Waals surface area contributed by atoms with Crippen molar-refractivity contribution in [2.75, 3.05) is 104 Å². The number of benzene rings is 4. The summed E-state index contributed by atoms with van der Waals surface area (Å²) in [6.07, 6.45) is 5.51. The van der Waals surface area contributed by atoms with Gasteiger partial charge >= 0.3 is 11.9 Å². The molecule has 0 saturated carbocycles. The van der Waals surface area contributed by atoms with Crippen molar-refractivity contribution < 1.29 is 56.5 Å². The first-order valence-electron chi connectivity index (χ1n) is 31.8. The van der Waals surface area contributed by atoms with Gasteiger partial charge in [0.1, 0.15) is 32.4 Å². The van der Waals surface area contributed by atoms with Gasteiger partial charge in [0.05, 0.1) is 46.8 Å². The molecule has 6 aliphatic heterocycles. The van der Waals surface area contributed by atoms with E-state index in [0.717, 1.165) is 96.1 Å². The van der Waals surface area contributed by atoms with Crippen LogP contribution >= 0.6 is 34.3 Å². The lowest BCUT2D eigenvalue weighted by atomic mass is 9.73. The van der Waals surface area contributed by atoms with Crippen LogP contribution in [0.1, 0.15) is 123 Å². The summed E-state index contributed by atoms with van der Waals surface area (Å²) in [6, 6.07) is 33.2. The van der Waals surface area contributed by atoms with Gasteiger partial charge in [-0.2, -0.15) is 0 Å². The molecule has 18 nitrogen and oxygen atoms in total. The Balaban J connectivity index is 0.000000162. The molecule has 492 valence electrons. The van der Waals surface area contributed by atoms with Crippen molar-refractivity contribution in [2.45, 2.75) is 66.2 Å². The lowest BCUT2D eigenvalue weighted by molar-refractivity contribution is -0.0130. The third kappa shape index (κ3) is 14.3. The van der Waals surface area contributed by atoms with Crippen LogP contribution in [0.5, 0.6) is 0 Å². The number of anilines is 5. The number of carbonyl (C=O) groups is 6. The average Bonchev–Trinajstić information content (AvgIpc) is 1.62. The molecule has 23 heteroatoms. The molecule has 6 aliphatic rings. The summed E-state index contributed by atoms with van der Waals surface area (Å²) in [4.78, 5) is 95.0. The minimum atomic E-state index is -0.771. The highest BCUT2D eigenvalue weighted by Crippen LogP contribution is 2.46. The monoisotopic (exact) mass is 1340 g/mol. The summed E-state index contributed by atoms with van der Waals surface area (Å²) >= 11 is 8.73. The smallest absolute Gasteiger partial charge is 0.348 e. The van der Waals surface area contributed by atoms with Gasteiger partial charge < -0.3 is 49.6 Å². The van der Waals surface area contributed by atoms with Gasteiger partial charge in [0.2, 0.25) is 0 Å². The molecule has 8 aromatic rings. The fourth-order valence-corrected chi connectivity index (χ4v) is 15.3. The van der Waals surface area contributed by atoms with Gasteiger partial charge in [-0.3, -0.25) is 19.2 Å². The first kappa shape index (κ1) is 66.3. The number of para-hydroxylation sites is 2. The van der Waals surface area contributed by atoms with E-state index in [4.69, 9.17) is 30.5 Å². The maximum atomic E-state index is 15.7. The van der Waals surface area contributed by atoms with E-state index in [9.17, 15) is 28.8 Å². The molecule has 0 aliphatic carbocycles. The molecule has 0 bridgehead atoms. The van der Waals surface area contributed by atoms with Crippen LogP contribution < -0.4 is 30.7 Å². The second-order valence-corrected chi connectivity index (χ2v) is 26.9. The summed E-state index contributed by atoms with van der Waals surface area (Å²) in [6.45, 7) is 15.9. The van der Waals surface area contributed by atoms with Crippen molar-refractivity contribution in [2.24, 2.45) is 10.8 Å². The summed E-state index contributed by atoms with van der Waals surface area (Å²) in [5.41, 5.74) is 7.79. The number of hydrogen-bond acceptors (Lipinski definition) is 16. The van der Waals surface area contributed by atoms with Crippen LogP contribution in [0, 0.1) is 36.3 Å². The standard InChI is InChI=1S/C36H35FN4O5S.C29H23ClFN3O4S.C7H13NO/c1-3-46-35(44)30-18-23-12-15-41(29-7-5-4-6-26(29)31(23)47-30)34(43)25-11-9-24(19-28(25)37)39-33(42)27-10-8-22(2)38-32(27)40-20-36(21-40)13-16-45-17-14-36;1-3-38-29(37)24-14-17-12-13-34(23-7-5-4-6-20(23)25(17)39-24)28(36)19-11-9-18(15-22(19)31)33-27(35)21-10-8-16(2)32-26(21)30;1-3-9-4-2-7(1)5-8-6-7/h4-11,18-19H,3,12-17,20-21H2,1-2H3,(H,39,42);4-11,14-15H,3,12-13H2,1-2H3,(H,33,35);8H,1-6H2. The second-order valence-electron chi connectivity index (χ2n) is 24.4. The summed E-state index contributed by atoms with van der Waals surface area (Å²) in [5.74, 6) is -3.57. The Labute approximate surface area is 561 Å². The zero-order valence-electron chi connectivity index (χ0n) is 53.0. The normalized spacial score (nSPS) is 16.2. The van der Waals surface area contributed by atoms with Crippen molar-refractivity contribution >= 4 is 98.4 Å². The average molecular weight is 1350 g/mol. The predicted octanol–water partition coefficient (Wildman–Crippen LogP) is 13.4. The summed E-state index contributed by atoms with van der Waals surface area (Å²) < 4.78 is 52.1. The molecule has 4 aromatic carbocycles. The molecule has 2 spiro atoms. The van der Waals surface area contributed by atoms with Crippen LogP contribution in [0.3, 0.4) is 0 Å². The van der Waals surface area contributed by atoms with Gasteiger partial charge in [-0.15, -0.1) is 22.7 Å². The van der Waals surface area contributed by atoms with Gasteiger partial charge in [-0.05, 0) is 168 Å². The number of nitrogens with one attached hydrogen (secondary N) is 3. The second kappa shape index (κ2) is 28.7. The van der Waals surface area contributed by atoms with E-state index in [-0.39, 0.29) is 63.8 Å². The first-order valence-corrected chi connectivity index (χ1v) is 33.8. The van der Waals surface area contributed by atoms with Gasteiger partial charge in [0.25, 0.3) is 23.6 Å². The fraction of sp³-hybridized carbons (Fsp3) is 0.333. The van der Waals surface area contributed by atoms with E-state index in [1.807, 2.05) is 55.5 Å². The topological polar surface area (TPSA) is 211 Å². The first-order chi connectivity index (χ1) is 45.9. The number of carbonyl (C=O) groups excluding carboxylic acids is 6. The zero-order valence-corrected chi connectivity index (χ0v) is 55.4. The highest BCUT2D eigenvalue weighted by molar-refractivity contribution is 7.18. The van der Waals surface area contributed by atoms with E-state index < -0.39 is 35.3 Å². The molecule has 3 N–H and O–H groups in total. The van der Waals surface area contributed by atoms with Gasteiger partial charge in [0, 0.05) is 115 Å². The molecule has 4 fully saturated rings. The maximum absolute atomic E-state index is 15.7. The van der Waals surface area contributed by atoms with Crippen molar-refractivity contribution in [1.29, 1.82) is 0 Å². The molecule has 10 heterocycles. The molecular weight excluding hydrogens is 1270 g/mol.